The molecule has 100 valence electrons. The van der Waals surface area contributed by atoms with Crippen molar-refractivity contribution < 1.29 is 4.79 Å². The highest BCUT2D eigenvalue weighted by atomic mass is 16.1. The van der Waals surface area contributed by atoms with Crippen LogP contribution in [0, 0.1) is 0 Å². The van der Waals surface area contributed by atoms with Gasteiger partial charge < -0.3 is 5.32 Å². The normalized spacial score (nSPS) is 12.1. The summed E-state index contributed by atoms with van der Waals surface area (Å²) in [7, 11) is 1.80. The summed E-state index contributed by atoms with van der Waals surface area (Å²) in [6.07, 6.45) is 5.20. The van der Waals surface area contributed by atoms with Crippen LogP contribution in [0.3, 0.4) is 0 Å². The highest BCUT2D eigenvalue weighted by Gasteiger charge is 2.11. The third-order valence-corrected chi connectivity index (χ3v) is 3.05. The van der Waals surface area contributed by atoms with Gasteiger partial charge >= 0.3 is 0 Å². The van der Waals surface area contributed by atoms with E-state index in [0.29, 0.717) is 5.56 Å². The van der Waals surface area contributed by atoms with Crippen LogP contribution in [-0.2, 0) is 13.5 Å². The van der Waals surface area contributed by atoms with Crippen LogP contribution in [0.15, 0.2) is 42.7 Å². The molecule has 1 atom stereocenters. The first kappa shape index (κ1) is 13.3. The molecule has 4 nitrogen and oxygen atoms in total. The van der Waals surface area contributed by atoms with Crippen molar-refractivity contribution in [2.45, 2.75) is 25.8 Å². The predicted octanol–water partition coefficient (Wildman–Crippen LogP) is 2.17. The molecule has 1 aromatic heterocycles. The van der Waals surface area contributed by atoms with Gasteiger partial charge in [0.05, 0.1) is 11.8 Å². The van der Waals surface area contributed by atoms with Gasteiger partial charge in [0.1, 0.15) is 0 Å². The summed E-state index contributed by atoms with van der Waals surface area (Å²) < 4.78 is 1.63. The number of nitrogens with zero attached hydrogens (tertiary/aromatic N) is 2. The number of benzene rings is 1. The zero-order valence-corrected chi connectivity index (χ0v) is 11.3. The Balaban J connectivity index is 1.81. The van der Waals surface area contributed by atoms with E-state index in [4.69, 9.17) is 0 Å². The topological polar surface area (TPSA) is 46.9 Å². The van der Waals surface area contributed by atoms with E-state index in [9.17, 15) is 4.79 Å². The molecule has 1 unspecified atom stereocenters. The van der Waals surface area contributed by atoms with Crippen molar-refractivity contribution in [3.05, 3.63) is 53.9 Å². The number of carbonyl (C=O) groups is 1. The molecule has 1 amide bonds. The maximum absolute atomic E-state index is 11.9. The number of amides is 1. The number of rotatable bonds is 5. The van der Waals surface area contributed by atoms with E-state index >= 15 is 0 Å². The van der Waals surface area contributed by atoms with Gasteiger partial charge in [0.2, 0.25) is 0 Å². The number of nitrogens with one attached hydrogen (secondary N) is 1. The molecule has 0 saturated heterocycles. The second kappa shape index (κ2) is 6.18. The fourth-order valence-corrected chi connectivity index (χ4v) is 1.95. The average molecular weight is 257 g/mol. The lowest BCUT2D eigenvalue weighted by Gasteiger charge is -2.13. The van der Waals surface area contributed by atoms with Crippen molar-refractivity contribution >= 4 is 5.91 Å². The van der Waals surface area contributed by atoms with Crippen LogP contribution >= 0.6 is 0 Å². The summed E-state index contributed by atoms with van der Waals surface area (Å²) in [5, 5.41) is 6.98. The number of aryl methyl sites for hydroxylation is 2. The lowest BCUT2D eigenvalue weighted by molar-refractivity contribution is 0.0938. The van der Waals surface area contributed by atoms with Crippen molar-refractivity contribution in [2.75, 3.05) is 0 Å². The second-order valence-electron chi connectivity index (χ2n) is 4.80. The largest absolute Gasteiger partial charge is 0.349 e. The third kappa shape index (κ3) is 3.95. The Morgan fingerprint density at radius 1 is 1.37 bits per heavy atom. The SMILES string of the molecule is CC(CCc1ccccc1)NC(=O)c1cnn(C)c1. The second-order valence-corrected chi connectivity index (χ2v) is 4.80. The molecule has 1 aromatic carbocycles. The molecular formula is C15H19N3O. The van der Waals surface area contributed by atoms with Crippen molar-refractivity contribution in [3.63, 3.8) is 0 Å². The zero-order valence-electron chi connectivity index (χ0n) is 11.3. The first-order valence-electron chi connectivity index (χ1n) is 6.48. The van der Waals surface area contributed by atoms with Gasteiger partial charge in [-0.1, -0.05) is 30.3 Å². The molecule has 1 N–H and O–H groups in total. The summed E-state index contributed by atoms with van der Waals surface area (Å²) in [6, 6.07) is 10.4. The molecule has 0 bridgehead atoms. The van der Waals surface area contributed by atoms with E-state index in [1.807, 2.05) is 25.1 Å². The maximum atomic E-state index is 11.9. The summed E-state index contributed by atoms with van der Waals surface area (Å²) in [6.45, 7) is 2.03. The first-order valence-corrected chi connectivity index (χ1v) is 6.48. The summed E-state index contributed by atoms with van der Waals surface area (Å²) in [5.74, 6) is -0.0614. The fourth-order valence-electron chi connectivity index (χ4n) is 1.95. The van der Waals surface area contributed by atoms with E-state index in [0.717, 1.165) is 12.8 Å². The molecular weight excluding hydrogens is 238 g/mol. The Bertz CT molecular complexity index is 533. The summed E-state index contributed by atoms with van der Waals surface area (Å²) in [5.41, 5.74) is 1.90. The lowest BCUT2D eigenvalue weighted by atomic mass is 10.1. The molecule has 2 rings (SSSR count). The molecule has 0 fully saturated rings. The van der Waals surface area contributed by atoms with Gasteiger partial charge in [0.25, 0.3) is 5.91 Å². The minimum atomic E-state index is -0.0614. The van der Waals surface area contributed by atoms with Crippen molar-refractivity contribution in [1.29, 1.82) is 0 Å². The molecule has 4 heteroatoms. The van der Waals surface area contributed by atoms with Crippen LogP contribution < -0.4 is 5.32 Å². The number of carbonyl (C=O) groups excluding carboxylic acids is 1. The standard InChI is InChI=1S/C15H19N3O/c1-12(8-9-13-6-4-3-5-7-13)17-15(19)14-10-16-18(2)11-14/h3-7,10-12H,8-9H2,1-2H3,(H,17,19). The zero-order chi connectivity index (χ0) is 13.7. The van der Waals surface area contributed by atoms with Gasteiger partial charge in [-0.3, -0.25) is 9.48 Å². The summed E-state index contributed by atoms with van der Waals surface area (Å²) in [4.78, 5) is 11.9. The number of hydrogen-bond donors (Lipinski definition) is 1. The highest BCUT2D eigenvalue weighted by Crippen LogP contribution is 2.05. The molecule has 1 heterocycles. The van der Waals surface area contributed by atoms with Gasteiger partial charge in [0, 0.05) is 19.3 Å². The van der Waals surface area contributed by atoms with Crippen LogP contribution in [-0.4, -0.2) is 21.7 Å². The smallest absolute Gasteiger partial charge is 0.254 e. The summed E-state index contributed by atoms with van der Waals surface area (Å²) >= 11 is 0. The molecule has 19 heavy (non-hydrogen) atoms. The molecule has 0 spiro atoms. The van der Waals surface area contributed by atoms with Crippen LogP contribution in [0.2, 0.25) is 0 Å². The monoisotopic (exact) mass is 257 g/mol. The Labute approximate surface area is 113 Å². The highest BCUT2D eigenvalue weighted by molar-refractivity contribution is 5.93. The Kier molecular flexibility index (Phi) is 4.34. The molecule has 0 aliphatic carbocycles. The van der Waals surface area contributed by atoms with Gasteiger partial charge in [-0.25, -0.2) is 0 Å². The quantitative estimate of drug-likeness (QED) is 0.892. The van der Waals surface area contributed by atoms with E-state index < -0.39 is 0 Å². The Morgan fingerprint density at radius 2 is 2.11 bits per heavy atom. The van der Waals surface area contributed by atoms with E-state index in [1.54, 1.807) is 24.1 Å². The van der Waals surface area contributed by atoms with Crippen molar-refractivity contribution in [3.8, 4) is 0 Å². The Morgan fingerprint density at radius 3 is 2.74 bits per heavy atom. The van der Waals surface area contributed by atoms with Gasteiger partial charge in [-0.2, -0.15) is 5.10 Å². The van der Waals surface area contributed by atoms with Crippen LogP contribution in [0.1, 0.15) is 29.3 Å². The third-order valence-electron chi connectivity index (χ3n) is 3.05. The van der Waals surface area contributed by atoms with E-state index in [1.165, 1.54) is 5.56 Å². The van der Waals surface area contributed by atoms with Crippen molar-refractivity contribution in [1.82, 2.24) is 15.1 Å². The maximum Gasteiger partial charge on any atom is 0.254 e. The van der Waals surface area contributed by atoms with Gasteiger partial charge in [-0.05, 0) is 25.3 Å². The Hall–Kier alpha value is -2.10. The van der Waals surface area contributed by atoms with Gasteiger partial charge in [-0.15, -0.1) is 0 Å². The molecule has 0 aliphatic heterocycles. The van der Waals surface area contributed by atoms with Crippen LogP contribution in [0.4, 0.5) is 0 Å². The molecule has 0 aliphatic rings. The number of hydrogen-bond acceptors (Lipinski definition) is 2. The average Bonchev–Trinajstić information content (AvgIpc) is 2.84. The molecule has 0 radical (unpaired) electrons. The number of aromatic nitrogens is 2. The fraction of sp³-hybridized carbons (Fsp3) is 0.333. The predicted molar refractivity (Wildman–Crippen MR) is 74.9 cm³/mol. The first-order chi connectivity index (χ1) is 9.15. The van der Waals surface area contributed by atoms with Gasteiger partial charge in [0.15, 0.2) is 0 Å². The minimum Gasteiger partial charge on any atom is -0.349 e. The van der Waals surface area contributed by atoms with E-state index in [2.05, 4.69) is 22.5 Å². The molecule has 2 aromatic rings. The minimum absolute atomic E-state index is 0.0614. The van der Waals surface area contributed by atoms with Crippen LogP contribution in [0.25, 0.3) is 0 Å². The van der Waals surface area contributed by atoms with Crippen molar-refractivity contribution in [2.24, 2.45) is 7.05 Å². The van der Waals surface area contributed by atoms with E-state index in [-0.39, 0.29) is 11.9 Å². The lowest BCUT2D eigenvalue weighted by Crippen LogP contribution is -2.32. The molecule has 0 saturated carbocycles. The van der Waals surface area contributed by atoms with Crippen LogP contribution in [0.5, 0.6) is 0 Å².